The molecule has 1 aliphatic rings. The average Bonchev–Trinajstić information content (AvgIpc) is 2.94. The lowest BCUT2D eigenvalue weighted by Gasteiger charge is -2.44. The van der Waals surface area contributed by atoms with E-state index in [0.29, 0.717) is 6.04 Å². The van der Waals surface area contributed by atoms with E-state index in [1.807, 2.05) is 51.2 Å². The second kappa shape index (κ2) is 5.83. The van der Waals surface area contributed by atoms with Gasteiger partial charge in [0.15, 0.2) is 11.5 Å². The molecular weight excluding hydrogens is 318 g/mol. The third-order valence-electron chi connectivity index (χ3n) is 4.54. The highest BCUT2D eigenvalue weighted by atomic mass is 15.4. The molecule has 25 heavy (non-hydrogen) atoms. The highest BCUT2D eigenvalue weighted by Crippen LogP contribution is 2.24. The number of fused-ring (bicyclic) bond motifs is 1. The molecule has 0 unspecified atom stereocenters. The summed E-state index contributed by atoms with van der Waals surface area (Å²) in [6, 6.07) is 6.20. The fraction of sp³-hybridized carbons (Fsp3) is 0.438. The van der Waals surface area contributed by atoms with Gasteiger partial charge in [-0.25, -0.2) is 4.98 Å². The Hall–Kier alpha value is -2.97. The predicted molar refractivity (Wildman–Crippen MR) is 96.3 cm³/mol. The molecule has 0 bridgehead atoms. The lowest BCUT2D eigenvalue weighted by molar-refractivity contribution is 0.484. The number of aryl methyl sites for hydroxylation is 1. The van der Waals surface area contributed by atoms with Gasteiger partial charge in [0, 0.05) is 40.4 Å². The van der Waals surface area contributed by atoms with E-state index < -0.39 is 0 Å². The van der Waals surface area contributed by atoms with E-state index in [1.54, 1.807) is 10.7 Å². The van der Waals surface area contributed by atoms with Gasteiger partial charge in [-0.05, 0) is 25.1 Å². The first-order valence-electron chi connectivity index (χ1n) is 8.20. The van der Waals surface area contributed by atoms with Crippen LogP contribution in [-0.4, -0.2) is 70.1 Å². The molecule has 1 saturated heterocycles. The van der Waals surface area contributed by atoms with Crippen LogP contribution in [0.25, 0.3) is 5.65 Å². The Balaban J connectivity index is 1.47. The summed E-state index contributed by atoms with van der Waals surface area (Å²) in [7, 11) is 6.00. The molecule has 0 saturated carbocycles. The van der Waals surface area contributed by atoms with Crippen LogP contribution in [0.15, 0.2) is 24.4 Å². The Bertz CT molecular complexity index is 898. The minimum absolute atomic E-state index is 0.358. The zero-order valence-electron chi connectivity index (χ0n) is 14.8. The second-order valence-corrected chi connectivity index (χ2v) is 6.49. The van der Waals surface area contributed by atoms with Gasteiger partial charge in [-0.3, -0.25) is 0 Å². The van der Waals surface area contributed by atoms with Crippen molar-refractivity contribution in [3.05, 3.63) is 30.2 Å². The first-order valence-corrected chi connectivity index (χ1v) is 8.20. The molecule has 9 nitrogen and oxygen atoms in total. The summed E-state index contributed by atoms with van der Waals surface area (Å²) >= 11 is 0. The van der Waals surface area contributed by atoms with Crippen LogP contribution in [0.3, 0.4) is 0 Å². The smallest absolute Gasteiger partial charge is 0.227 e. The molecule has 0 aliphatic carbocycles. The number of anilines is 3. The third kappa shape index (κ3) is 2.71. The molecule has 1 aliphatic heterocycles. The van der Waals surface area contributed by atoms with E-state index in [1.165, 1.54) is 0 Å². The maximum Gasteiger partial charge on any atom is 0.227 e. The van der Waals surface area contributed by atoms with Gasteiger partial charge in [-0.15, -0.1) is 15.3 Å². The fourth-order valence-corrected chi connectivity index (χ4v) is 2.86. The van der Waals surface area contributed by atoms with Crippen molar-refractivity contribution < 1.29 is 0 Å². The Morgan fingerprint density at radius 2 is 1.88 bits per heavy atom. The summed E-state index contributed by atoms with van der Waals surface area (Å²) < 4.78 is 1.77. The molecule has 4 rings (SSSR count). The number of nitrogens with zero attached hydrogens (tertiary/aromatic N) is 9. The lowest BCUT2D eigenvalue weighted by atomic mass is 10.1. The fourth-order valence-electron chi connectivity index (χ4n) is 2.86. The van der Waals surface area contributed by atoms with Gasteiger partial charge in [-0.1, -0.05) is 0 Å². The van der Waals surface area contributed by atoms with Gasteiger partial charge in [0.1, 0.15) is 11.6 Å². The van der Waals surface area contributed by atoms with Gasteiger partial charge >= 0.3 is 0 Å². The average molecular weight is 339 g/mol. The minimum atomic E-state index is 0.358. The standard InChI is InChI=1S/C16H21N9/c1-11-19-20-14-5-6-15(21-25(11)14)24-9-12(10-24)23(4)16-17-8-7-13(18-16)22(2)3/h5-8,12H,9-10H2,1-4H3. The molecule has 3 aromatic rings. The Morgan fingerprint density at radius 3 is 2.64 bits per heavy atom. The van der Waals surface area contributed by atoms with Crippen LogP contribution < -0.4 is 14.7 Å². The minimum Gasteiger partial charge on any atom is -0.363 e. The maximum atomic E-state index is 4.62. The molecule has 9 heteroatoms. The lowest BCUT2D eigenvalue weighted by Crippen LogP contribution is -2.59. The molecule has 4 heterocycles. The molecule has 0 amide bonds. The number of aromatic nitrogens is 6. The summed E-state index contributed by atoms with van der Waals surface area (Å²) in [4.78, 5) is 15.3. The summed E-state index contributed by atoms with van der Waals surface area (Å²) in [5.41, 5.74) is 0.768. The molecule has 130 valence electrons. The molecule has 3 aromatic heterocycles. The van der Waals surface area contributed by atoms with E-state index in [4.69, 9.17) is 0 Å². The zero-order chi connectivity index (χ0) is 17.6. The van der Waals surface area contributed by atoms with Gasteiger partial charge < -0.3 is 14.7 Å². The van der Waals surface area contributed by atoms with E-state index in [0.717, 1.165) is 42.1 Å². The van der Waals surface area contributed by atoms with Gasteiger partial charge in [0.05, 0.1) is 6.04 Å². The van der Waals surface area contributed by atoms with Crippen molar-refractivity contribution in [1.29, 1.82) is 0 Å². The SMILES string of the molecule is Cc1nnc2ccc(N3CC(N(C)c4nccc(N(C)C)n4)C3)nn12. The Morgan fingerprint density at radius 1 is 1.08 bits per heavy atom. The summed E-state index contributed by atoms with van der Waals surface area (Å²) in [6.07, 6.45) is 1.80. The molecule has 0 N–H and O–H groups in total. The molecular formula is C16H21N9. The van der Waals surface area contributed by atoms with Crippen molar-refractivity contribution in [1.82, 2.24) is 29.8 Å². The first-order chi connectivity index (χ1) is 12.0. The van der Waals surface area contributed by atoms with Crippen LogP contribution >= 0.6 is 0 Å². The monoisotopic (exact) mass is 339 g/mol. The summed E-state index contributed by atoms with van der Waals surface area (Å²) in [5, 5.41) is 12.7. The number of likely N-dealkylation sites (N-methyl/N-ethyl adjacent to an activating group) is 1. The van der Waals surface area contributed by atoms with Crippen molar-refractivity contribution in [2.24, 2.45) is 0 Å². The maximum absolute atomic E-state index is 4.62. The van der Waals surface area contributed by atoms with E-state index >= 15 is 0 Å². The predicted octanol–water partition coefficient (Wildman–Crippen LogP) is 0.614. The molecule has 0 radical (unpaired) electrons. The zero-order valence-corrected chi connectivity index (χ0v) is 14.8. The van der Waals surface area contributed by atoms with Crippen LogP contribution in [-0.2, 0) is 0 Å². The first kappa shape index (κ1) is 15.6. The van der Waals surface area contributed by atoms with Gasteiger partial charge in [0.25, 0.3) is 0 Å². The highest BCUT2D eigenvalue weighted by molar-refractivity contribution is 5.50. The Kier molecular flexibility index (Phi) is 3.63. The highest BCUT2D eigenvalue weighted by Gasteiger charge is 2.32. The van der Waals surface area contributed by atoms with Crippen molar-refractivity contribution in [3.63, 3.8) is 0 Å². The van der Waals surface area contributed by atoms with Crippen LogP contribution in [0.1, 0.15) is 5.82 Å². The second-order valence-electron chi connectivity index (χ2n) is 6.49. The number of rotatable bonds is 4. The van der Waals surface area contributed by atoms with Crippen LogP contribution in [0.4, 0.5) is 17.6 Å². The van der Waals surface area contributed by atoms with Crippen LogP contribution in [0, 0.1) is 6.92 Å². The van der Waals surface area contributed by atoms with Gasteiger partial charge in [0.2, 0.25) is 5.95 Å². The number of hydrogen-bond acceptors (Lipinski definition) is 8. The topological polar surface area (TPSA) is 78.6 Å². The quantitative estimate of drug-likeness (QED) is 0.684. The normalized spacial score (nSPS) is 14.6. The van der Waals surface area contributed by atoms with E-state index in [9.17, 15) is 0 Å². The third-order valence-corrected chi connectivity index (χ3v) is 4.54. The van der Waals surface area contributed by atoms with Crippen molar-refractivity contribution in [2.45, 2.75) is 13.0 Å². The summed E-state index contributed by atoms with van der Waals surface area (Å²) in [6.45, 7) is 3.66. The van der Waals surface area contributed by atoms with E-state index in [-0.39, 0.29) is 0 Å². The molecule has 0 spiro atoms. The van der Waals surface area contributed by atoms with Gasteiger partial charge in [-0.2, -0.15) is 9.50 Å². The number of hydrogen-bond donors (Lipinski definition) is 0. The Labute approximate surface area is 145 Å². The molecule has 0 aromatic carbocycles. The van der Waals surface area contributed by atoms with E-state index in [2.05, 4.69) is 35.1 Å². The molecule has 1 fully saturated rings. The van der Waals surface area contributed by atoms with Crippen LogP contribution in [0.5, 0.6) is 0 Å². The summed E-state index contributed by atoms with van der Waals surface area (Å²) in [5.74, 6) is 3.38. The van der Waals surface area contributed by atoms with Crippen molar-refractivity contribution in [2.75, 3.05) is 48.9 Å². The van der Waals surface area contributed by atoms with Crippen molar-refractivity contribution in [3.8, 4) is 0 Å². The van der Waals surface area contributed by atoms with Crippen molar-refractivity contribution >= 4 is 23.2 Å². The largest absolute Gasteiger partial charge is 0.363 e. The van der Waals surface area contributed by atoms with Crippen LogP contribution in [0.2, 0.25) is 0 Å². The molecule has 0 atom stereocenters.